The quantitative estimate of drug-likeness (QED) is 0.742. The number of hydrogen-bond donors (Lipinski definition) is 2. The molecular formula is C13H15Br2N5O. The molecule has 2 rings (SSSR count). The Hall–Kier alpha value is -1.41. The van der Waals surface area contributed by atoms with Crippen LogP contribution >= 0.6 is 31.9 Å². The second-order valence-electron chi connectivity index (χ2n) is 4.09. The maximum atomic E-state index is 5.47. The molecule has 21 heavy (non-hydrogen) atoms. The number of ether oxygens (including phenoxy) is 1. The first-order valence-corrected chi connectivity index (χ1v) is 8.00. The van der Waals surface area contributed by atoms with Gasteiger partial charge in [-0.05, 0) is 50.4 Å². The smallest absolute Gasteiger partial charge is 0.323 e. The summed E-state index contributed by atoms with van der Waals surface area (Å²) in [6, 6.07) is 6.09. The lowest BCUT2D eigenvalue weighted by molar-refractivity contribution is 0.292. The van der Waals surface area contributed by atoms with Crippen LogP contribution in [-0.2, 0) is 0 Å². The van der Waals surface area contributed by atoms with E-state index in [1.165, 1.54) is 0 Å². The minimum absolute atomic E-state index is 0.293. The van der Waals surface area contributed by atoms with Crippen molar-refractivity contribution in [3.8, 4) is 6.01 Å². The summed E-state index contributed by atoms with van der Waals surface area (Å²) < 4.78 is 7.28. The fraction of sp³-hybridized carbons (Fsp3) is 0.308. The summed E-state index contributed by atoms with van der Waals surface area (Å²) in [5.74, 6) is 0.856. The van der Waals surface area contributed by atoms with Gasteiger partial charge in [0.1, 0.15) is 0 Å². The molecule has 0 fully saturated rings. The number of anilines is 3. The van der Waals surface area contributed by atoms with E-state index < -0.39 is 0 Å². The number of nitrogens with zero attached hydrogens (tertiary/aromatic N) is 3. The van der Waals surface area contributed by atoms with Crippen LogP contribution in [0.2, 0.25) is 0 Å². The standard InChI is InChI=1S/C13H15Br2N5O/c1-3-7-21-13-19-11(16-2)18-12(20-13)17-10-8(14)5-4-6-9(10)15/h4-6H,3,7H2,1-2H3,(H2,16,17,18,19,20). The SMILES string of the molecule is CCCOc1nc(NC)nc(Nc2c(Br)cccc2Br)n1. The van der Waals surface area contributed by atoms with Gasteiger partial charge in [0.15, 0.2) is 0 Å². The number of aromatic nitrogens is 3. The Labute approximate surface area is 140 Å². The molecule has 0 amide bonds. The molecule has 0 spiro atoms. The predicted molar refractivity (Wildman–Crippen MR) is 90.3 cm³/mol. The number of rotatable bonds is 6. The first-order chi connectivity index (χ1) is 10.1. The van der Waals surface area contributed by atoms with Gasteiger partial charge in [-0.15, -0.1) is 0 Å². The van der Waals surface area contributed by atoms with Gasteiger partial charge in [-0.3, -0.25) is 0 Å². The van der Waals surface area contributed by atoms with Crippen molar-refractivity contribution in [3.05, 3.63) is 27.1 Å². The fourth-order valence-electron chi connectivity index (χ4n) is 1.51. The van der Waals surface area contributed by atoms with E-state index in [1.54, 1.807) is 7.05 Å². The van der Waals surface area contributed by atoms with Crippen LogP contribution in [0, 0.1) is 0 Å². The number of hydrogen-bond acceptors (Lipinski definition) is 6. The lowest BCUT2D eigenvalue weighted by Crippen LogP contribution is -2.08. The summed E-state index contributed by atoms with van der Waals surface area (Å²) in [4.78, 5) is 12.7. The summed E-state index contributed by atoms with van der Waals surface area (Å²) in [5.41, 5.74) is 0.840. The lowest BCUT2D eigenvalue weighted by Gasteiger charge is -2.11. The molecule has 112 valence electrons. The van der Waals surface area contributed by atoms with Crippen LogP contribution in [0.3, 0.4) is 0 Å². The first-order valence-electron chi connectivity index (χ1n) is 6.41. The molecule has 0 aliphatic rings. The Balaban J connectivity index is 2.30. The van der Waals surface area contributed by atoms with E-state index in [4.69, 9.17) is 4.74 Å². The Kier molecular flexibility index (Phi) is 5.75. The monoisotopic (exact) mass is 415 g/mol. The van der Waals surface area contributed by atoms with Crippen molar-refractivity contribution >= 4 is 49.4 Å². The third-order valence-corrected chi connectivity index (χ3v) is 3.80. The zero-order valence-corrected chi connectivity index (χ0v) is 14.8. The van der Waals surface area contributed by atoms with Crippen molar-refractivity contribution in [2.45, 2.75) is 13.3 Å². The van der Waals surface area contributed by atoms with E-state index in [0.29, 0.717) is 24.5 Å². The average Bonchev–Trinajstić information content (AvgIpc) is 2.49. The first kappa shape index (κ1) is 16.0. The van der Waals surface area contributed by atoms with Crippen LogP contribution in [-0.4, -0.2) is 28.6 Å². The zero-order chi connectivity index (χ0) is 15.2. The molecule has 1 aromatic carbocycles. The van der Waals surface area contributed by atoms with Crippen LogP contribution in [0.15, 0.2) is 27.1 Å². The van der Waals surface area contributed by atoms with E-state index in [1.807, 2.05) is 25.1 Å². The van der Waals surface area contributed by atoms with Crippen LogP contribution < -0.4 is 15.4 Å². The van der Waals surface area contributed by atoms with Gasteiger partial charge in [0.05, 0.1) is 12.3 Å². The molecule has 2 aromatic rings. The summed E-state index contributed by atoms with van der Waals surface area (Å²) in [5, 5.41) is 6.05. The van der Waals surface area contributed by atoms with Gasteiger partial charge in [0, 0.05) is 16.0 Å². The molecule has 1 aromatic heterocycles. The van der Waals surface area contributed by atoms with Crippen LogP contribution in [0.5, 0.6) is 6.01 Å². The van der Waals surface area contributed by atoms with Gasteiger partial charge in [-0.25, -0.2) is 0 Å². The van der Waals surface area contributed by atoms with E-state index in [-0.39, 0.29) is 0 Å². The topological polar surface area (TPSA) is 72.0 Å². The van der Waals surface area contributed by atoms with Crippen LogP contribution in [0.25, 0.3) is 0 Å². The molecule has 0 atom stereocenters. The normalized spacial score (nSPS) is 10.3. The van der Waals surface area contributed by atoms with Crippen molar-refractivity contribution in [3.63, 3.8) is 0 Å². The second-order valence-corrected chi connectivity index (χ2v) is 5.79. The number of benzene rings is 1. The number of halogens is 2. The fourth-order valence-corrected chi connectivity index (χ4v) is 2.71. The molecule has 1 heterocycles. The molecule has 0 aliphatic heterocycles. The molecule has 6 nitrogen and oxygen atoms in total. The molecule has 0 radical (unpaired) electrons. The Bertz CT molecular complexity index is 603. The van der Waals surface area contributed by atoms with Crippen LogP contribution in [0.4, 0.5) is 17.6 Å². The van der Waals surface area contributed by atoms with E-state index in [2.05, 4.69) is 57.4 Å². The Morgan fingerprint density at radius 3 is 2.38 bits per heavy atom. The third kappa shape index (κ3) is 4.28. The highest BCUT2D eigenvalue weighted by molar-refractivity contribution is 9.11. The van der Waals surface area contributed by atoms with Crippen molar-refractivity contribution in [2.75, 3.05) is 24.3 Å². The Morgan fingerprint density at radius 1 is 1.10 bits per heavy atom. The minimum Gasteiger partial charge on any atom is -0.463 e. The van der Waals surface area contributed by atoms with Gasteiger partial charge in [-0.2, -0.15) is 15.0 Å². The van der Waals surface area contributed by atoms with Gasteiger partial charge >= 0.3 is 6.01 Å². The van der Waals surface area contributed by atoms with Crippen LogP contribution in [0.1, 0.15) is 13.3 Å². The highest BCUT2D eigenvalue weighted by Gasteiger charge is 2.10. The number of para-hydroxylation sites is 1. The van der Waals surface area contributed by atoms with Crippen molar-refractivity contribution < 1.29 is 4.74 Å². The Morgan fingerprint density at radius 2 is 1.76 bits per heavy atom. The highest BCUT2D eigenvalue weighted by Crippen LogP contribution is 2.32. The summed E-state index contributed by atoms with van der Waals surface area (Å²) in [7, 11) is 1.75. The predicted octanol–water partition coefficient (Wildman–Crippen LogP) is 3.97. The molecule has 0 saturated carbocycles. The number of nitrogens with one attached hydrogen (secondary N) is 2. The third-order valence-electron chi connectivity index (χ3n) is 2.47. The van der Waals surface area contributed by atoms with E-state index in [0.717, 1.165) is 21.1 Å². The van der Waals surface area contributed by atoms with Gasteiger partial charge in [0.25, 0.3) is 0 Å². The molecular weight excluding hydrogens is 402 g/mol. The molecule has 0 unspecified atom stereocenters. The van der Waals surface area contributed by atoms with Gasteiger partial charge in [-0.1, -0.05) is 13.0 Å². The maximum absolute atomic E-state index is 5.47. The highest BCUT2D eigenvalue weighted by atomic mass is 79.9. The zero-order valence-electron chi connectivity index (χ0n) is 11.7. The molecule has 0 saturated heterocycles. The molecule has 8 heteroatoms. The maximum Gasteiger partial charge on any atom is 0.323 e. The van der Waals surface area contributed by atoms with Crippen molar-refractivity contribution in [2.24, 2.45) is 0 Å². The van der Waals surface area contributed by atoms with Crippen molar-refractivity contribution in [1.82, 2.24) is 15.0 Å². The van der Waals surface area contributed by atoms with Gasteiger partial charge in [0.2, 0.25) is 11.9 Å². The second kappa shape index (κ2) is 7.56. The van der Waals surface area contributed by atoms with Gasteiger partial charge < -0.3 is 15.4 Å². The molecule has 0 aliphatic carbocycles. The summed E-state index contributed by atoms with van der Waals surface area (Å²) in [6.45, 7) is 2.59. The minimum atomic E-state index is 0.293. The van der Waals surface area contributed by atoms with E-state index in [9.17, 15) is 0 Å². The summed E-state index contributed by atoms with van der Waals surface area (Å²) in [6.07, 6.45) is 0.888. The van der Waals surface area contributed by atoms with E-state index >= 15 is 0 Å². The molecule has 2 N–H and O–H groups in total. The largest absolute Gasteiger partial charge is 0.463 e. The van der Waals surface area contributed by atoms with Crippen molar-refractivity contribution in [1.29, 1.82) is 0 Å². The lowest BCUT2D eigenvalue weighted by atomic mass is 10.3. The summed E-state index contributed by atoms with van der Waals surface area (Å²) >= 11 is 6.98. The average molecular weight is 417 g/mol. The molecule has 0 bridgehead atoms.